The van der Waals surface area contributed by atoms with Crippen LogP contribution in [0.2, 0.25) is 0 Å². The molecular weight excluding hydrogens is 304 g/mol. The van der Waals surface area contributed by atoms with Gasteiger partial charge in [0.25, 0.3) is 0 Å². The number of carbonyl (C=O) groups excluding carboxylic acids is 2. The van der Waals surface area contributed by atoms with Crippen LogP contribution in [0.5, 0.6) is 0 Å². The molecule has 2 rings (SSSR count). The molecule has 0 saturated carbocycles. The molecule has 0 atom stereocenters. The molecule has 1 aromatic heterocycles. The van der Waals surface area contributed by atoms with Gasteiger partial charge < -0.3 is 14.6 Å². The van der Waals surface area contributed by atoms with E-state index in [4.69, 9.17) is 4.74 Å². The van der Waals surface area contributed by atoms with Crippen molar-refractivity contribution >= 4 is 11.8 Å². The fraction of sp³-hybridized carbons (Fsp3) is 0.368. The molecule has 0 amide bonds. The van der Waals surface area contributed by atoms with Crippen molar-refractivity contribution in [2.24, 2.45) is 0 Å². The number of aromatic nitrogens is 1. The maximum absolute atomic E-state index is 12.9. The van der Waals surface area contributed by atoms with E-state index in [1.807, 2.05) is 32.3 Å². The monoisotopic (exact) mass is 328 g/mol. The van der Waals surface area contributed by atoms with Gasteiger partial charge in [0.2, 0.25) is 0 Å². The van der Waals surface area contributed by atoms with Gasteiger partial charge in [-0.2, -0.15) is 0 Å². The molecule has 0 fully saturated rings. The summed E-state index contributed by atoms with van der Waals surface area (Å²) in [4.78, 5) is 30.0. The number of ether oxygens (including phenoxy) is 1. The fourth-order valence-corrected chi connectivity index (χ4v) is 2.82. The maximum atomic E-state index is 12.9. The van der Waals surface area contributed by atoms with E-state index in [9.17, 15) is 9.59 Å². The minimum Gasteiger partial charge on any atom is -0.461 e. The molecule has 1 N–H and O–H groups in total. The molecule has 0 unspecified atom stereocenters. The Morgan fingerprint density at radius 3 is 2.54 bits per heavy atom. The van der Waals surface area contributed by atoms with Crippen LogP contribution in [-0.4, -0.2) is 42.3 Å². The van der Waals surface area contributed by atoms with E-state index in [0.29, 0.717) is 34.7 Å². The predicted octanol–water partition coefficient (Wildman–Crippen LogP) is 3.10. The summed E-state index contributed by atoms with van der Waals surface area (Å²) in [5.41, 5.74) is 3.90. The third kappa shape index (κ3) is 3.74. The van der Waals surface area contributed by atoms with E-state index >= 15 is 0 Å². The Labute approximate surface area is 142 Å². The van der Waals surface area contributed by atoms with Gasteiger partial charge in [0.15, 0.2) is 5.78 Å². The number of nitrogens with one attached hydrogen (secondary N) is 1. The van der Waals surface area contributed by atoms with Gasteiger partial charge in [-0.25, -0.2) is 4.79 Å². The number of hydrogen-bond donors (Lipinski definition) is 1. The van der Waals surface area contributed by atoms with E-state index in [1.54, 1.807) is 26.8 Å². The molecule has 0 aliphatic carbocycles. The third-order valence-corrected chi connectivity index (χ3v) is 3.83. The molecule has 24 heavy (non-hydrogen) atoms. The van der Waals surface area contributed by atoms with Crippen LogP contribution in [0.1, 0.15) is 50.2 Å². The summed E-state index contributed by atoms with van der Waals surface area (Å²) in [7, 11) is 3.97. The van der Waals surface area contributed by atoms with Crippen LogP contribution in [0.25, 0.3) is 0 Å². The Morgan fingerprint density at radius 2 is 1.92 bits per heavy atom. The number of aryl methyl sites for hydroxylation is 1. The first-order valence-electron chi connectivity index (χ1n) is 7.99. The highest BCUT2D eigenvalue weighted by atomic mass is 16.5. The van der Waals surface area contributed by atoms with Crippen molar-refractivity contribution in [3.8, 4) is 0 Å². The first-order chi connectivity index (χ1) is 11.3. The summed E-state index contributed by atoms with van der Waals surface area (Å²) in [6.45, 7) is 6.39. The molecule has 0 aliphatic heterocycles. The molecule has 0 aliphatic rings. The van der Waals surface area contributed by atoms with Gasteiger partial charge in [0.1, 0.15) is 5.69 Å². The zero-order valence-electron chi connectivity index (χ0n) is 14.9. The maximum Gasteiger partial charge on any atom is 0.355 e. The number of ketones is 1. The van der Waals surface area contributed by atoms with Gasteiger partial charge in [-0.1, -0.05) is 18.2 Å². The first-order valence-corrected chi connectivity index (χ1v) is 7.99. The quantitative estimate of drug-likeness (QED) is 0.654. The number of rotatable bonds is 6. The zero-order chi connectivity index (χ0) is 17.9. The van der Waals surface area contributed by atoms with Crippen molar-refractivity contribution in [1.82, 2.24) is 9.88 Å². The fourth-order valence-electron chi connectivity index (χ4n) is 2.82. The Bertz CT molecular complexity index is 760. The van der Waals surface area contributed by atoms with Crippen molar-refractivity contribution in [3.63, 3.8) is 0 Å². The molecule has 5 nitrogen and oxygen atoms in total. The molecule has 0 radical (unpaired) electrons. The topological polar surface area (TPSA) is 62.4 Å². The normalized spacial score (nSPS) is 10.9. The summed E-state index contributed by atoms with van der Waals surface area (Å²) in [5.74, 6) is -0.518. The van der Waals surface area contributed by atoms with Crippen molar-refractivity contribution < 1.29 is 14.3 Å². The summed E-state index contributed by atoms with van der Waals surface area (Å²) in [6.07, 6.45) is 0. The van der Waals surface area contributed by atoms with Gasteiger partial charge in [0.05, 0.1) is 6.61 Å². The predicted molar refractivity (Wildman–Crippen MR) is 93.5 cm³/mol. The average Bonchev–Trinajstić information content (AvgIpc) is 2.81. The number of aromatic amines is 1. The van der Waals surface area contributed by atoms with E-state index in [2.05, 4.69) is 9.88 Å². The van der Waals surface area contributed by atoms with Crippen LogP contribution in [0, 0.1) is 13.8 Å². The molecular formula is C19H24N2O3. The van der Waals surface area contributed by atoms with Crippen LogP contribution in [-0.2, 0) is 11.3 Å². The van der Waals surface area contributed by atoms with Crippen LogP contribution < -0.4 is 0 Å². The molecule has 0 bridgehead atoms. The minimum absolute atomic E-state index is 0.0857. The largest absolute Gasteiger partial charge is 0.461 e. The van der Waals surface area contributed by atoms with Gasteiger partial charge in [-0.3, -0.25) is 4.79 Å². The lowest BCUT2D eigenvalue weighted by Gasteiger charge is -2.11. The number of hydrogen-bond acceptors (Lipinski definition) is 4. The second-order valence-corrected chi connectivity index (χ2v) is 6.11. The molecule has 1 aromatic carbocycles. The molecule has 128 valence electrons. The van der Waals surface area contributed by atoms with E-state index in [-0.39, 0.29) is 5.78 Å². The third-order valence-electron chi connectivity index (χ3n) is 3.83. The highest BCUT2D eigenvalue weighted by Crippen LogP contribution is 2.23. The smallest absolute Gasteiger partial charge is 0.355 e. The molecule has 2 aromatic rings. The van der Waals surface area contributed by atoms with Gasteiger partial charge >= 0.3 is 5.97 Å². The second-order valence-electron chi connectivity index (χ2n) is 6.11. The summed E-state index contributed by atoms with van der Waals surface area (Å²) in [6, 6.07) is 7.59. The van der Waals surface area contributed by atoms with Gasteiger partial charge in [0, 0.05) is 23.4 Å². The molecule has 1 heterocycles. The first kappa shape index (κ1) is 17.9. The average molecular weight is 328 g/mol. The Hall–Kier alpha value is -2.40. The Morgan fingerprint density at radius 1 is 1.21 bits per heavy atom. The standard InChI is InChI=1S/C19H24N2O3/c1-6-24-19(23)17-12(2)16(13(3)20-17)18(22)15-9-7-8-14(10-15)11-21(4)5/h7-10,20H,6,11H2,1-5H3. The summed E-state index contributed by atoms with van der Waals surface area (Å²) < 4.78 is 5.04. The van der Waals surface area contributed by atoms with E-state index in [1.165, 1.54) is 0 Å². The molecule has 5 heteroatoms. The van der Waals surface area contributed by atoms with Crippen molar-refractivity contribution in [2.75, 3.05) is 20.7 Å². The zero-order valence-corrected chi connectivity index (χ0v) is 14.9. The van der Waals surface area contributed by atoms with Crippen LogP contribution in [0.4, 0.5) is 0 Å². The van der Waals surface area contributed by atoms with Gasteiger partial charge in [-0.05, 0) is 52.1 Å². The summed E-state index contributed by atoms with van der Waals surface area (Å²) >= 11 is 0. The Kier molecular flexibility index (Phi) is 5.57. The van der Waals surface area contributed by atoms with Gasteiger partial charge in [-0.15, -0.1) is 0 Å². The molecule has 0 spiro atoms. The second kappa shape index (κ2) is 7.45. The number of benzene rings is 1. The summed E-state index contributed by atoms with van der Waals surface area (Å²) in [5, 5.41) is 0. The lowest BCUT2D eigenvalue weighted by atomic mass is 9.98. The lowest BCUT2D eigenvalue weighted by Crippen LogP contribution is -2.12. The number of nitrogens with zero attached hydrogens (tertiary/aromatic N) is 1. The highest BCUT2D eigenvalue weighted by Gasteiger charge is 2.23. The number of carbonyl (C=O) groups is 2. The van der Waals surface area contributed by atoms with Crippen LogP contribution in [0.15, 0.2) is 24.3 Å². The number of H-pyrrole nitrogens is 1. The lowest BCUT2D eigenvalue weighted by molar-refractivity contribution is 0.0519. The highest BCUT2D eigenvalue weighted by molar-refractivity contribution is 6.12. The van der Waals surface area contributed by atoms with E-state index in [0.717, 1.165) is 12.1 Å². The number of esters is 1. The molecule has 0 saturated heterocycles. The van der Waals surface area contributed by atoms with Crippen molar-refractivity contribution in [1.29, 1.82) is 0 Å². The van der Waals surface area contributed by atoms with E-state index < -0.39 is 5.97 Å². The van der Waals surface area contributed by atoms with Crippen molar-refractivity contribution in [3.05, 3.63) is 57.9 Å². The Balaban J connectivity index is 2.38. The SMILES string of the molecule is CCOC(=O)c1[nH]c(C)c(C(=O)c2cccc(CN(C)C)c2)c1C. The van der Waals surface area contributed by atoms with Crippen LogP contribution >= 0.6 is 0 Å². The van der Waals surface area contributed by atoms with Crippen molar-refractivity contribution in [2.45, 2.75) is 27.3 Å². The van der Waals surface area contributed by atoms with Crippen LogP contribution in [0.3, 0.4) is 0 Å². The minimum atomic E-state index is -0.432.